The van der Waals surface area contributed by atoms with E-state index in [1.54, 1.807) is 13.0 Å². The average Bonchev–Trinajstić information content (AvgIpc) is 2.85. The number of nitrogens with zero attached hydrogens (tertiary/aromatic N) is 2. The second kappa shape index (κ2) is 7.56. The highest BCUT2D eigenvalue weighted by Gasteiger charge is 2.18. The van der Waals surface area contributed by atoms with E-state index in [1.165, 1.54) is 17.4 Å². The Bertz CT molecular complexity index is 938. The molecule has 1 aromatic carbocycles. The molecule has 1 aromatic heterocycles. The molecule has 1 N–H and O–H groups in total. The number of aryl methyl sites for hydroxylation is 1. The van der Waals surface area contributed by atoms with Crippen molar-refractivity contribution < 1.29 is 18.7 Å². The highest BCUT2D eigenvalue weighted by molar-refractivity contribution is 7.16. The first-order chi connectivity index (χ1) is 11.9. The molecule has 8 heteroatoms. The van der Waals surface area contributed by atoms with E-state index in [0.29, 0.717) is 10.6 Å². The van der Waals surface area contributed by atoms with Gasteiger partial charge in [0.2, 0.25) is 0 Å². The molecule has 0 saturated carbocycles. The first kappa shape index (κ1) is 18.1. The molecule has 25 heavy (non-hydrogen) atoms. The van der Waals surface area contributed by atoms with Crippen molar-refractivity contribution in [1.82, 2.24) is 0 Å². The Labute approximate surface area is 147 Å². The standard InChI is InChI=1S/C17H12FN3O3S/c1-9-10(2)25-16(13(9)7-20)21-15(22)8-24-17(23)12-4-3-11(6-19)5-14(12)18/h3-5H,8H2,1-2H3,(H,21,22). The lowest BCUT2D eigenvalue weighted by Gasteiger charge is -2.06. The molecular weight excluding hydrogens is 345 g/mol. The summed E-state index contributed by atoms with van der Waals surface area (Å²) in [4.78, 5) is 24.6. The normalized spacial score (nSPS) is 9.80. The first-order valence-corrected chi connectivity index (χ1v) is 7.85. The van der Waals surface area contributed by atoms with Crippen LogP contribution in [0, 0.1) is 42.3 Å². The third kappa shape index (κ3) is 4.00. The number of rotatable bonds is 4. The summed E-state index contributed by atoms with van der Waals surface area (Å²) in [7, 11) is 0. The van der Waals surface area contributed by atoms with Gasteiger partial charge < -0.3 is 10.1 Å². The Morgan fingerprint density at radius 1 is 1.28 bits per heavy atom. The molecule has 1 heterocycles. The van der Waals surface area contributed by atoms with Gasteiger partial charge >= 0.3 is 5.97 Å². The summed E-state index contributed by atoms with van der Waals surface area (Å²) < 4.78 is 18.5. The summed E-state index contributed by atoms with van der Waals surface area (Å²) >= 11 is 1.25. The van der Waals surface area contributed by atoms with Crippen molar-refractivity contribution in [3.63, 3.8) is 0 Å². The van der Waals surface area contributed by atoms with Crippen molar-refractivity contribution in [3.8, 4) is 12.1 Å². The number of carbonyl (C=O) groups is 2. The molecule has 2 rings (SSSR count). The van der Waals surface area contributed by atoms with Crippen molar-refractivity contribution in [2.45, 2.75) is 13.8 Å². The summed E-state index contributed by atoms with van der Waals surface area (Å²) in [5.74, 6) is -2.56. The van der Waals surface area contributed by atoms with E-state index in [-0.39, 0.29) is 11.1 Å². The molecule has 1 amide bonds. The number of thiophene rings is 1. The van der Waals surface area contributed by atoms with Crippen LogP contribution in [0.15, 0.2) is 18.2 Å². The van der Waals surface area contributed by atoms with Crippen LogP contribution in [0.5, 0.6) is 0 Å². The minimum Gasteiger partial charge on any atom is -0.452 e. The van der Waals surface area contributed by atoms with Crippen molar-refractivity contribution in [1.29, 1.82) is 10.5 Å². The van der Waals surface area contributed by atoms with E-state index in [2.05, 4.69) is 5.32 Å². The molecule has 0 radical (unpaired) electrons. The Morgan fingerprint density at radius 2 is 2.00 bits per heavy atom. The Kier molecular flexibility index (Phi) is 5.48. The maximum atomic E-state index is 13.7. The van der Waals surface area contributed by atoms with Crippen LogP contribution in [0.25, 0.3) is 0 Å². The number of nitrogens with one attached hydrogen (secondary N) is 1. The predicted molar refractivity (Wildman–Crippen MR) is 88.5 cm³/mol. The maximum absolute atomic E-state index is 13.7. The van der Waals surface area contributed by atoms with Crippen LogP contribution < -0.4 is 5.32 Å². The molecule has 0 unspecified atom stereocenters. The number of esters is 1. The lowest BCUT2D eigenvalue weighted by Crippen LogP contribution is -2.21. The fourth-order valence-corrected chi connectivity index (χ4v) is 3.00. The fourth-order valence-electron chi connectivity index (χ4n) is 1.97. The number of amides is 1. The number of hydrogen-bond acceptors (Lipinski definition) is 6. The molecular formula is C17H12FN3O3S. The lowest BCUT2D eigenvalue weighted by atomic mass is 10.1. The van der Waals surface area contributed by atoms with Crippen LogP contribution in [0.4, 0.5) is 9.39 Å². The highest BCUT2D eigenvalue weighted by atomic mass is 32.1. The van der Waals surface area contributed by atoms with Gasteiger partial charge in [-0.1, -0.05) is 0 Å². The zero-order valence-electron chi connectivity index (χ0n) is 13.3. The number of nitriles is 2. The van der Waals surface area contributed by atoms with Crippen molar-refractivity contribution in [3.05, 3.63) is 51.1 Å². The van der Waals surface area contributed by atoms with Crippen LogP contribution in [-0.2, 0) is 9.53 Å². The van der Waals surface area contributed by atoms with Gasteiger partial charge in [-0.2, -0.15) is 10.5 Å². The fraction of sp³-hybridized carbons (Fsp3) is 0.176. The quantitative estimate of drug-likeness (QED) is 0.847. The lowest BCUT2D eigenvalue weighted by molar-refractivity contribution is -0.119. The summed E-state index contributed by atoms with van der Waals surface area (Å²) in [5.41, 5.74) is 0.839. The SMILES string of the molecule is Cc1sc(NC(=O)COC(=O)c2ccc(C#N)cc2F)c(C#N)c1C. The molecule has 126 valence electrons. The minimum atomic E-state index is -1.02. The molecule has 0 spiro atoms. The van der Waals surface area contributed by atoms with Gasteiger partial charge in [-0.15, -0.1) is 11.3 Å². The van der Waals surface area contributed by atoms with E-state index in [1.807, 2.05) is 13.0 Å². The van der Waals surface area contributed by atoms with Gasteiger partial charge in [0.1, 0.15) is 16.9 Å². The van der Waals surface area contributed by atoms with Gasteiger partial charge in [-0.05, 0) is 37.6 Å². The average molecular weight is 357 g/mol. The van der Waals surface area contributed by atoms with Gasteiger partial charge in [0, 0.05) is 4.88 Å². The first-order valence-electron chi connectivity index (χ1n) is 7.04. The predicted octanol–water partition coefficient (Wildman–Crippen LogP) is 3.04. The topological polar surface area (TPSA) is 103 Å². The van der Waals surface area contributed by atoms with Crippen LogP contribution in [-0.4, -0.2) is 18.5 Å². The molecule has 2 aromatic rings. The summed E-state index contributed by atoms with van der Waals surface area (Å²) in [6.07, 6.45) is 0. The van der Waals surface area contributed by atoms with Gasteiger partial charge in [0.25, 0.3) is 5.91 Å². The molecule has 0 fully saturated rings. The number of hydrogen-bond donors (Lipinski definition) is 1. The smallest absolute Gasteiger partial charge is 0.341 e. The second-order valence-electron chi connectivity index (χ2n) is 5.03. The maximum Gasteiger partial charge on any atom is 0.341 e. The molecule has 0 bridgehead atoms. The van der Waals surface area contributed by atoms with E-state index in [0.717, 1.165) is 22.6 Å². The Balaban J connectivity index is 2.01. The van der Waals surface area contributed by atoms with E-state index in [4.69, 9.17) is 15.3 Å². The second-order valence-corrected chi connectivity index (χ2v) is 6.25. The van der Waals surface area contributed by atoms with Gasteiger partial charge in [0.05, 0.1) is 22.8 Å². The largest absolute Gasteiger partial charge is 0.452 e. The van der Waals surface area contributed by atoms with E-state index < -0.39 is 24.3 Å². The van der Waals surface area contributed by atoms with Crippen molar-refractivity contribution in [2.24, 2.45) is 0 Å². The van der Waals surface area contributed by atoms with Crippen LogP contribution in [0.2, 0.25) is 0 Å². The van der Waals surface area contributed by atoms with E-state index in [9.17, 15) is 14.0 Å². The monoisotopic (exact) mass is 357 g/mol. The Hall–Kier alpha value is -3.23. The van der Waals surface area contributed by atoms with Crippen LogP contribution in [0.1, 0.15) is 31.9 Å². The molecule has 6 nitrogen and oxygen atoms in total. The third-order valence-electron chi connectivity index (χ3n) is 3.40. The zero-order chi connectivity index (χ0) is 18.6. The molecule has 0 atom stereocenters. The van der Waals surface area contributed by atoms with Crippen LogP contribution >= 0.6 is 11.3 Å². The zero-order valence-corrected chi connectivity index (χ0v) is 14.2. The number of ether oxygens (including phenoxy) is 1. The number of carbonyl (C=O) groups excluding carboxylic acids is 2. The highest BCUT2D eigenvalue weighted by Crippen LogP contribution is 2.31. The number of benzene rings is 1. The number of anilines is 1. The molecule has 0 aliphatic carbocycles. The summed E-state index contributed by atoms with van der Waals surface area (Å²) in [6, 6.07) is 7.06. The van der Waals surface area contributed by atoms with Gasteiger partial charge in [0.15, 0.2) is 6.61 Å². The number of halogens is 1. The molecule has 0 aliphatic heterocycles. The van der Waals surface area contributed by atoms with Gasteiger partial charge in [-0.25, -0.2) is 9.18 Å². The summed E-state index contributed by atoms with van der Waals surface area (Å²) in [5, 5.41) is 20.7. The Morgan fingerprint density at radius 3 is 2.60 bits per heavy atom. The summed E-state index contributed by atoms with van der Waals surface area (Å²) in [6.45, 7) is 2.97. The minimum absolute atomic E-state index is 0.0688. The third-order valence-corrected chi connectivity index (χ3v) is 4.53. The van der Waals surface area contributed by atoms with Gasteiger partial charge in [-0.3, -0.25) is 4.79 Å². The van der Waals surface area contributed by atoms with Crippen molar-refractivity contribution >= 4 is 28.2 Å². The van der Waals surface area contributed by atoms with E-state index >= 15 is 0 Å². The molecule has 0 saturated heterocycles. The van der Waals surface area contributed by atoms with Crippen LogP contribution in [0.3, 0.4) is 0 Å². The molecule has 0 aliphatic rings. The van der Waals surface area contributed by atoms with Crippen molar-refractivity contribution in [2.75, 3.05) is 11.9 Å².